The standard InChI is InChI=1S/C25H25N7OS/c1-17-23(34-24(27-17)19-8-4-3-5-9-19)25(33)32-14-12-31(13-15-32)22-16-21(28-18(2)29-22)30-20-10-6-7-11-26-20/h3-11,16H,12-15H2,1-2H3,(H,26,28,29,30). The number of anilines is 3. The van der Waals surface area contributed by atoms with Gasteiger partial charge in [-0.25, -0.2) is 19.9 Å². The van der Waals surface area contributed by atoms with Crippen LogP contribution in [0.2, 0.25) is 0 Å². The molecule has 34 heavy (non-hydrogen) atoms. The van der Waals surface area contributed by atoms with Crippen molar-refractivity contribution in [3.63, 3.8) is 0 Å². The van der Waals surface area contributed by atoms with Crippen molar-refractivity contribution in [3.05, 3.63) is 77.2 Å². The van der Waals surface area contributed by atoms with Crippen molar-refractivity contribution in [1.82, 2.24) is 24.8 Å². The van der Waals surface area contributed by atoms with Gasteiger partial charge in [0.1, 0.15) is 33.2 Å². The second-order valence-electron chi connectivity index (χ2n) is 8.08. The van der Waals surface area contributed by atoms with Crippen molar-refractivity contribution in [2.45, 2.75) is 13.8 Å². The normalized spacial score (nSPS) is 13.7. The van der Waals surface area contributed by atoms with Crippen LogP contribution in [0.3, 0.4) is 0 Å². The van der Waals surface area contributed by atoms with Crippen molar-refractivity contribution in [3.8, 4) is 10.6 Å². The van der Waals surface area contributed by atoms with Crippen molar-refractivity contribution >= 4 is 34.7 Å². The minimum atomic E-state index is 0.0493. The Kier molecular flexibility index (Phi) is 6.18. The van der Waals surface area contributed by atoms with E-state index in [2.05, 4.69) is 30.2 Å². The molecule has 0 bridgehead atoms. The molecule has 0 saturated carbocycles. The van der Waals surface area contributed by atoms with Gasteiger partial charge in [-0.05, 0) is 26.0 Å². The summed E-state index contributed by atoms with van der Waals surface area (Å²) in [6.45, 7) is 6.45. The van der Waals surface area contributed by atoms with E-state index in [4.69, 9.17) is 0 Å². The number of amides is 1. The highest BCUT2D eigenvalue weighted by Crippen LogP contribution is 2.29. The average Bonchev–Trinajstić information content (AvgIpc) is 3.26. The summed E-state index contributed by atoms with van der Waals surface area (Å²) in [5.74, 6) is 3.01. The third-order valence-corrected chi connectivity index (χ3v) is 6.84. The van der Waals surface area contributed by atoms with Gasteiger partial charge in [0.15, 0.2) is 0 Å². The highest BCUT2D eigenvalue weighted by atomic mass is 32.1. The van der Waals surface area contributed by atoms with Gasteiger partial charge in [0.2, 0.25) is 0 Å². The maximum absolute atomic E-state index is 13.3. The number of pyridine rings is 1. The molecule has 1 saturated heterocycles. The van der Waals surface area contributed by atoms with Crippen molar-refractivity contribution < 1.29 is 4.79 Å². The van der Waals surface area contributed by atoms with Crippen LogP contribution < -0.4 is 10.2 Å². The zero-order valence-electron chi connectivity index (χ0n) is 19.1. The average molecular weight is 472 g/mol. The van der Waals surface area contributed by atoms with E-state index in [0.717, 1.165) is 27.9 Å². The number of aromatic nitrogens is 4. The Hall–Kier alpha value is -3.85. The Bertz CT molecular complexity index is 1290. The predicted molar refractivity (Wildman–Crippen MR) is 135 cm³/mol. The Labute approximate surface area is 202 Å². The van der Waals surface area contributed by atoms with Gasteiger partial charge in [-0.3, -0.25) is 4.79 Å². The number of rotatable bonds is 5. The molecule has 1 aliphatic heterocycles. The van der Waals surface area contributed by atoms with E-state index in [-0.39, 0.29) is 5.91 Å². The summed E-state index contributed by atoms with van der Waals surface area (Å²) in [6, 6.07) is 17.6. The molecule has 1 fully saturated rings. The zero-order valence-corrected chi connectivity index (χ0v) is 19.9. The second-order valence-corrected chi connectivity index (χ2v) is 9.08. The number of nitrogens with one attached hydrogen (secondary N) is 1. The molecule has 1 aromatic carbocycles. The molecule has 9 heteroatoms. The van der Waals surface area contributed by atoms with E-state index < -0.39 is 0 Å². The first-order chi connectivity index (χ1) is 16.6. The lowest BCUT2D eigenvalue weighted by atomic mass is 10.2. The van der Waals surface area contributed by atoms with Crippen molar-refractivity contribution in [1.29, 1.82) is 0 Å². The molecule has 1 aliphatic rings. The van der Waals surface area contributed by atoms with Crippen LogP contribution in [0.25, 0.3) is 10.6 Å². The lowest BCUT2D eigenvalue weighted by molar-refractivity contribution is 0.0750. The molecule has 0 aliphatic carbocycles. The molecular weight excluding hydrogens is 446 g/mol. The van der Waals surface area contributed by atoms with Crippen LogP contribution in [-0.4, -0.2) is 56.9 Å². The Morgan fingerprint density at radius 2 is 1.68 bits per heavy atom. The molecule has 0 radical (unpaired) electrons. The van der Waals surface area contributed by atoms with Gasteiger partial charge in [-0.15, -0.1) is 11.3 Å². The first-order valence-electron chi connectivity index (χ1n) is 11.2. The number of carbonyl (C=O) groups excluding carboxylic acids is 1. The number of piperazine rings is 1. The van der Waals surface area contributed by atoms with E-state index >= 15 is 0 Å². The van der Waals surface area contributed by atoms with Crippen molar-refractivity contribution in [2.75, 3.05) is 36.4 Å². The molecule has 5 rings (SSSR count). The van der Waals surface area contributed by atoms with E-state index in [9.17, 15) is 4.79 Å². The Morgan fingerprint density at radius 3 is 2.41 bits per heavy atom. The van der Waals surface area contributed by atoms with Crippen LogP contribution in [0, 0.1) is 13.8 Å². The molecule has 1 amide bonds. The van der Waals surface area contributed by atoms with Crippen LogP contribution in [-0.2, 0) is 0 Å². The van der Waals surface area contributed by atoms with Gasteiger partial charge in [0.05, 0.1) is 5.69 Å². The fourth-order valence-electron chi connectivity index (χ4n) is 3.93. The molecule has 0 unspecified atom stereocenters. The molecule has 3 aromatic heterocycles. The monoisotopic (exact) mass is 471 g/mol. The molecule has 4 heterocycles. The highest BCUT2D eigenvalue weighted by molar-refractivity contribution is 7.17. The molecule has 8 nitrogen and oxygen atoms in total. The van der Waals surface area contributed by atoms with Crippen LogP contribution in [0.15, 0.2) is 60.8 Å². The van der Waals surface area contributed by atoms with Gasteiger partial charge in [0.25, 0.3) is 5.91 Å². The summed E-state index contributed by atoms with van der Waals surface area (Å²) in [5.41, 5.74) is 1.82. The quantitative estimate of drug-likeness (QED) is 0.464. The summed E-state index contributed by atoms with van der Waals surface area (Å²) in [7, 11) is 0. The van der Waals surface area contributed by atoms with Gasteiger partial charge in [0, 0.05) is 44.0 Å². The van der Waals surface area contributed by atoms with Gasteiger partial charge >= 0.3 is 0 Å². The molecule has 4 aromatic rings. The van der Waals surface area contributed by atoms with Gasteiger partial charge in [-0.2, -0.15) is 0 Å². The summed E-state index contributed by atoms with van der Waals surface area (Å²) in [4.78, 5) is 36.1. The minimum absolute atomic E-state index is 0.0493. The van der Waals surface area contributed by atoms with Gasteiger partial charge < -0.3 is 15.1 Å². The number of hydrogen-bond acceptors (Lipinski definition) is 8. The molecule has 1 N–H and O–H groups in total. The molecule has 0 spiro atoms. The van der Waals surface area contributed by atoms with Crippen LogP contribution in [0.5, 0.6) is 0 Å². The minimum Gasteiger partial charge on any atom is -0.353 e. The summed E-state index contributed by atoms with van der Waals surface area (Å²) in [5, 5.41) is 4.11. The summed E-state index contributed by atoms with van der Waals surface area (Å²) in [6.07, 6.45) is 1.74. The zero-order chi connectivity index (χ0) is 23.5. The van der Waals surface area contributed by atoms with Crippen LogP contribution >= 0.6 is 11.3 Å². The number of carbonyl (C=O) groups is 1. The van der Waals surface area contributed by atoms with Crippen LogP contribution in [0.1, 0.15) is 21.2 Å². The summed E-state index contributed by atoms with van der Waals surface area (Å²) < 4.78 is 0. The summed E-state index contributed by atoms with van der Waals surface area (Å²) >= 11 is 1.47. The number of benzene rings is 1. The van der Waals surface area contributed by atoms with E-state index in [0.29, 0.717) is 42.7 Å². The van der Waals surface area contributed by atoms with Crippen molar-refractivity contribution in [2.24, 2.45) is 0 Å². The Morgan fingerprint density at radius 1 is 0.912 bits per heavy atom. The lowest BCUT2D eigenvalue weighted by Crippen LogP contribution is -2.49. The first kappa shape index (κ1) is 22.0. The molecule has 0 atom stereocenters. The van der Waals surface area contributed by atoms with Gasteiger partial charge in [-0.1, -0.05) is 36.4 Å². The smallest absolute Gasteiger partial charge is 0.265 e. The maximum Gasteiger partial charge on any atom is 0.265 e. The number of nitrogens with zero attached hydrogens (tertiary/aromatic N) is 6. The number of hydrogen-bond donors (Lipinski definition) is 1. The highest BCUT2D eigenvalue weighted by Gasteiger charge is 2.26. The van der Waals surface area contributed by atoms with Crippen LogP contribution in [0.4, 0.5) is 17.5 Å². The fourth-order valence-corrected chi connectivity index (χ4v) is 4.97. The Balaban J connectivity index is 1.26. The first-order valence-corrected chi connectivity index (χ1v) is 12.0. The van der Waals surface area contributed by atoms with E-state index in [1.54, 1.807) is 6.20 Å². The SMILES string of the molecule is Cc1nc(Nc2ccccn2)cc(N2CCN(C(=O)c3sc(-c4ccccc4)nc3C)CC2)n1. The van der Waals surface area contributed by atoms with E-state index in [1.807, 2.05) is 73.3 Å². The molecule has 172 valence electrons. The predicted octanol–water partition coefficient (Wildman–Crippen LogP) is 4.32. The molecular formula is C25H25N7OS. The third-order valence-electron chi connectivity index (χ3n) is 5.65. The largest absolute Gasteiger partial charge is 0.353 e. The van der Waals surface area contributed by atoms with E-state index in [1.165, 1.54) is 11.3 Å². The maximum atomic E-state index is 13.3. The fraction of sp³-hybridized carbons (Fsp3) is 0.240. The second kappa shape index (κ2) is 9.56. The lowest BCUT2D eigenvalue weighted by Gasteiger charge is -2.35. The topological polar surface area (TPSA) is 87.1 Å². The number of thiazole rings is 1. The third kappa shape index (κ3) is 4.74. The number of aryl methyl sites for hydroxylation is 2.